The lowest BCUT2D eigenvalue weighted by atomic mass is 10.4. The molecule has 3 heterocycles. The highest BCUT2D eigenvalue weighted by atomic mass is 16.5. The van der Waals surface area contributed by atoms with Gasteiger partial charge in [0.05, 0.1) is 26.0 Å². The summed E-state index contributed by atoms with van der Waals surface area (Å²) < 4.78 is 11.9. The van der Waals surface area contributed by atoms with Crippen LogP contribution in [0.5, 0.6) is 0 Å². The van der Waals surface area contributed by atoms with Gasteiger partial charge < -0.3 is 14.4 Å². The topological polar surface area (TPSA) is 69.0 Å². The fraction of sp³-hybridized carbons (Fsp3) is 0.462. The molecule has 1 aliphatic rings. The normalized spacial score (nSPS) is 15.6. The van der Waals surface area contributed by atoms with Gasteiger partial charge in [-0.3, -0.25) is 4.40 Å². The number of ether oxygens (including phenoxy) is 2. The fourth-order valence-corrected chi connectivity index (χ4v) is 2.19. The largest absolute Gasteiger partial charge is 0.461 e. The molecule has 2 aromatic rings. The van der Waals surface area contributed by atoms with Crippen LogP contribution in [0.3, 0.4) is 0 Å². The Morgan fingerprint density at radius 2 is 2.25 bits per heavy atom. The summed E-state index contributed by atoms with van der Waals surface area (Å²) >= 11 is 0. The smallest absolute Gasteiger partial charge is 0.357 e. The van der Waals surface area contributed by atoms with Crippen LogP contribution in [0.1, 0.15) is 17.4 Å². The fourth-order valence-electron chi connectivity index (χ4n) is 2.19. The molecule has 1 aliphatic heterocycles. The predicted octanol–water partition coefficient (Wildman–Crippen LogP) is 0.743. The number of imidazole rings is 1. The molecule has 7 nitrogen and oxygen atoms in total. The minimum atomic E-state index is -0.388. The maximum absolute atomic E-state index is 11.8. The molecular weight excluding hydrogens is 260 g/mol. The van der Waals surface area contributed by atoms with Crippen LogP contribution in [0.25, 0.3) is 5.78 Å². The van der Waals surface area contributed by atoms with E-state index in [1.165, 1.54) is 6.20 Å². The number of carbonyl (C=O) groups excluding carboxylic acids is 1. The number of carbonyl (C=O) groups is 1. The van der Waals surface area contributed by atoms with E-state index in [0.29, 0.717) is 31.3 Å². The maximum atomic E-state index is 11.8. The second-order valence-corrected chi connectivity index (χ2v) is 4.42. The lowest BCUT2D eigenvalue weighted by Crippen LogP contribution is -2.36. The van der Waals surface area contributed by atoms with E-state index in [0.717, 1.165) is 18.9 Å². The predicted molar refractivity (Wildman–Crippen MR) is 72.0 cm³/mol. The zero-order chi connectivity index (χ0) is 13.9. The van der Waals surface area contributed by atoms with Gasteiger partial charge in [0.2, 0.25) is 5.78 Å². The van der Waals surface area contributed by atoms with Gasteiger partial charge in [0.1, 0.15) is 5.82 Å². The van der Waals surface area contributed by atoms with Crippen molar-refractivity contribution in [3.8, 4) is 0 Å². The van der Waals surface area contributed by atoms with Gasteiger partial charge in [0.15, 0.2) is 5.69 Å². The van der Waals surface area contributed by atoms with Crippen molar-refractivity contribution in [2.24, 2.45) is 0 Å². The van der Waals surface area contributed by atoms with E-state index in [1.54, 1.807) is 17.5 Å². The van der Waals surface area contributed by atoms with Crippen LogP contribution in [0.4, 0.5) is 5.82 Å². The molecule has 1 saturated heterocycles. The molecule has 7 heteroatoms. The van der Waals surface area contributed by atoms with Crippen LogP contribution >= 0.6 is 0 Å². The van der Waals surface area contributed by atoms with E-state index in [1.807, 2.05) is 6.07 Å². The Hall–Kier alpha value is -2.15. The molecule has 0 saturated carbocycles. The Morgan fingerprint density at radius 1 is 1.45 bits per heavy atom. The molecule has 0 radical (unpaired) electrons. The number of hydrogen-bond donors (Lipinski definition) is 0. The third-order valence-corrected chi connectivity index (χ3v) is 3.18. The number of esters is 1. The highest BCUT2D eigenvalue weighted by Crippen LogP contribution is 2.15. The summed E-state index contributed by atoms with van der Waals surface area (Å²) in [4.78, 5) is 22.6. The van der Waals surface area contributed by atoms with Crippen molar-refractivity contribution in [2.75, 3.05) is 37.8 Å². The summed E-state index contributed by atoms with van der Waals surface area (Å²) in [7, 11) is 0. The summed E-state index contributed by atoms with van der Waals surface area (Å²) in [5, 5.41) is 0. The van der Waals surface area contributed by atoms with Gasteiger partial charge in [-0.2, -0.15) is 4.98 Å². The molecule has 1 fully saturated rings. The monoisotopic (exact) mass is 276 g/mol. The molecule has 0 aliphatic carbocycles. The zero-order valence-corrected chi connectivity index (χ0v) is 11.3. The number of anilines is 1. The number of hydrogen-bond acceptors (Lipinski definition) is 6. The van der Waals surface area contributed by atoms with Gasteiger partial charge in [-0.25, -0.2) is 9.78 Å². The molecule has 0 aromatic carbocycles. The number of morpholine rings is 1. The molecular formula is C13H16N4O3. The first-order valence-electron chi connectivity index (χ1n) is 6.63. The molecule has 2 aromatic heterocycles. The molecule has 0 unspecified atom stereocenters. The highest BCUT2D eigenvalue weighted by molar-refractivity contribution is 5.88. The van der Waals surface area contributed by atoms with Crippen LogP contribution in [0.2, 0.25) is 0 Å². The summed E-state index contributed by atoms with van der Waals surface area (Å²) in [6, 6.07) is 1.88. The first-order chi connectivity index (χ1) is 9.79. The average molecular weight is 276 g/mol. The van der Waals surface area contributed by atoms with Crippen molar-refractivity contribution in [3.05, 3.63) is 24.2 Å². The maximum Gasteiger partial charge on any atom is 0.357 e. The number of rotatable bonds is 3. The lowest BCUT2D eigenvalue weighted by Gasteiger charge is -2.27. The summed E-state index contributed by atoms with van der Waals surface area (Å²) in [5.74, 6) is 0.958. The molecule has 106 valence electrons. The van der Waals surface area contributed by atoms with Crippen LogP contribution in [-0.4, -0.2) is 53.2 Å². The van der Waals surface area contributed by atoms with Crippen LogP contribution in [-0.2, 0) is 9.47 Å². The first-order valence-corrected chi connectivity index (χ1v) is 6.63. The second-order valence-electron chi connectivity index (χ2n) is 4.42. The first kappa shape index (κ1) is 12.9. The lowest BCUT2D eigenvalue weighted by molar-refractivity contribution is 0.0518. The Kier molecular flexibility index (Phi) is 3.51. The van der Waals surface area contributed by atoms with Crippen molar-refractivity contribution >= 4 is 17.6 Å². The summed E-state index contributed by atoms with van der Waals surface area (Å²) in [6.45, 7) is 5.15. The zero-order valence-electron chi connectivity index (χ0n) is 11.3. The van der Waals surface area contributed by atoms with E-state index in [9.17, 15) is 4.79 Å². The number of aromatic nitrogens is 3. The molecule has 0 spiro atoms. The van der Waals surface area contributed by atoms with Gasteiger partial charge in [-0.15, -0.1) is 0 Å². The van der Waals surface area contributed by atoms with Crippen LogP contribution in [0, 0.1) is 0 Å². The van der Waals surface area contributed by atoms with Crippen molar-refractivity contribution in [2.45, 2.75) is 6.92 Å². The minimum Gasteiger partial charge on any atom is -0.461 e. The number of fused-ring (bicyclic) bond motifs is 1. The Morgan fingerprint density at radius 3 is 3.00 bits per heavy atom. The Bertz CT molecular complexity index is 619. The second kappa shape index (κ2) is 5.46. The molecule has 0 atom stereocenters. The van der Waals surface area contributed by atoms with Crippen molar-refractivity contribution in [1.82, 2.24) is 14.4 Å². The van der Waals surface area contributed by atoms with Crippen LogP contribution in [0.15, 0.2) is 18.5 Å². The van der Waals surface area contributed by atoms with E-state index in [4.69, 9.17) is 9.47 Å². The van der Waals surface area contributed by atoms with Gasteiger partial charge in [-0.05, 0) is 13.0 Å². The average Bonchev–Trinajstić information content (AvgIpc) is 2.91. The minimum absolute atomic E-state index is 0.339. The van der Waals surface area contributed by atoms with E-state index < -0.39 is 0 Å². The van der Waals surface area contributed by atoms with Gasteiger partial charge in [0.25, 0.3) is 0 Å². The Balaban J connectivity index is 1.91. The SMILES string of the molecule is CCOC(=O)c1cnc2nc(N3CCOCC3)ccn12. The quantitative estimate of drug-likeness (QED) is 0.770. The van der Waals surface area contributed by atoms with Gasteiger partial charge in [-0.1, -0.05) is 0 Å². The molecule has 0 amide bonds. The third kappa shape index (κ3) is 2.32. The standard InChI is InChI=1S/C13H16N4O3/c1-2-20-12(18)10-9-14-13-15-11(3-4-17(10)13)16-5-7-19-8-6-16/h3-4,9H,2,5-8H2,1H3. The molecule has 0 N–H and O–H groups in total. The summed E-state index contributed by atoms with van der Waals surface area (Å²) in [6.07, 6.45) is 3.29. The van der Waals surface area contributed by atoms with Gasteiger partial charge in [0, 0.05) is 19.3 Å². The molecule has 20 heavy (non-hydrogen) atoms. The third-order valence-electron chi connectivity index (χ3n) is 3.18. The van der Waals surface area contributed by atoms with Crippen LogP contribution < -0.4 is 4.90 Å². The van der Waals surface area contributed by atoms with E-state index in [-0.39, 0.29) is 5.97 Å². The van der Waals surface area contributed by atoms with Crippen molar-refractivity contribution in [3.63, 3.8) is 0 Å². The highest BCUT2D eigenvalue weighted by Gasteiger charge is 2.16. The van der Waals surface area contributed by atoms with Gasteiger partial charge >= 0.3 is 5.97 Å². The molecule has 0 bridgehead atoms. The van der Waals surface area contributed by atoms with Crippen molar-refractivity contribution < 1.29 is 14.3 Å². The Labute approximate surface area is 116 Å². The molecule has 3 rings (SSSR count). The number of nitrogens with zero attached hydrogens (tertiary/aromatic N) is 4. The summed E-state index contributed by atoms with van der Waals surface area (Å²) in [5.41, 5.74) is 0.392. The van der Waals surface area contributed by atoms with Crippen molar-refractivity contribution in [1.29, 1.82) is 0 Å². The van der Waals surface area contributed by atoms with E-state index in [2.05, 4.69) is 14.9 Å². The van der Waals surface area contributed by atoms with E-state index >= 15 is 0 Å².